The Morgan fingerprint density at radius 2 is 1.46 bits per heavy atom. The minimum Gasteiger partial charge on any atom is -0.345 e. The molecule has 1 aliphatic heterocycles. The van der Waals surface area contributed by atoms with Crippen LogP contribution in [-0.4, -0.2) is 18.0 Å². The Morgan fingerprint density at radius 1 is 1.00 bits per heavy atom. The third-order valence-electron chi connectivity index (χ3n) is 2.69. The molecule has 2 rings (SSSR count). The van der Waals surface area contributed by atoms with Gasteiger partial charge < -0.3 is 9.47 Å². The Hall–Kier alpha value is -0.340. The van der Waals surface area contributed by atoms with E-state index >= 15 is 0 Å². The van der Waals surface area contributed by atoms with Crippen molar-refractivity contribution in [2.75, 3.05) is 0 Å². The maximum Gasteiger partial charge on any atom is 0.163 e. The van der Waals surface area contributed by atoms with Crippen LogP contribution in [0.2, 0.25) is 0 Å². The van der Waals surface area contributed by atoms with E-state index < -0.39 is 0 Å². The van der Waals surface area contributed by atoms with Crippen molar-refractivity contribution in [1.82, 2.24) is 0 Å². The van der Waals surface area contributed by atoms with Gasteiger partial charge in [-0.15, -0.1) is 0 Å². The summed E-state index contributed by atoms with van der Waals surface area (Å²) in [7, 11) is 0. The monoisotopic (exact) mass is 182 g/mol. The average Bonchev–Trinajstić information content (AvgIpc) is 2.27. The first-order valence-corrected chi connectivity index (χ1v) is 5.18. The van der Waals surface area contributed by atoms with E-state index in [0.717, 1.165) is 25.7 Å². The van der Waals surface area contributed by atoms with Crippen LogP contribution in [0.1, 0.15) is 39.5 Å². The van der Waals surface area contributed by atoms with Crippen LogP contribution in [0.4, 0.5) is 0 Å². The zero-order valence-electron chi connectivity index (χ0n) is 8.45. The summed E-state index contributed by atoms with van der Waals surface area (Å²) in [5.41, 5.74) is 0. The minimum absolute atomic E-state index is 0.319. The molecule has 0 bridgehead atoms. The smallest absolute Gasteiger partial charge is 0.163 e. The number of hydrogen-bond acceptors (Lipinski definition) is 2. The third-order valence-corrected chi connectivity index (χ3v) is 2.69. The Bertz CT molecular complexity index is 188. The Labute approximate surface area is 79.9 Å². The molecular formula is C11H18O2. The lowest BCUT2D eigenvalue weighted by Gasteiger charge is -2.16. The van der Waals surface area contributed by atoms with Gasteiger partial charge in [-0.3, -0.25) is 0 Å². The molecule has 2 atom stereocenters. The Morgan fingerprint density at radius 3 is 1.92 bits per heavy atom. The van der Waals surface area contributed by atoms with Crippen molar-refractivity contribution < 1.29 is 9.47 Å². The fourth-order valence-corrected chi connectivity index (χ4v) is 2.15. The first-order valence-electron chi connectivity index (χ1n) is 5.18. The first-order chi connectivity index (χ1) is 6.17. The molecule has 0 aromatic carbocycles. The lowest BCUT2D eigenvalue weighted by atomic mass is 10.0. The molecule has 0 spiro atoms. The van der Waals surface area contributed by atoms with Gasteiger partial charge in [-0.05, 0) is 39.5 Å². The second-order valence-electron chi connectivity index (χ2n) is 4.34. The summed E-state index contributed by atoms with van der Waals surface area (Å²) in [5.74, 6) is -0.361. The Kier molecular flexibility index (Phi) is 2.43. The highest BCUT2D eigenvalue weighted by Crippen LogP contribution is 2.33. The van der Waals surface area contributed by atoms with Crippen LogP contribution in [0.5, 0.6) is 0 Å². The molecule has 0 radical (unpaired) electrons. The van der Waals surface area contributed by atoms with Gasteiger partial charge in [0.1, 0.15) is 0 Å². The van der Waals surface area contributed by atoms with Crippen molar-refractivity contribution in [2.45, 2.75) is 57.5 Å². The molecule has 1 fully saturated rings. The molecule has 1 aliphatic carbocycles. The molecule has 2 aliphatic rings. The largest absolute Gasteiger partial charge is 0.345 e. The number of allylic oxidation sites excluding steroid dienone is 2. The van der Waals surface area contributed by atoms with E-state index in [9.17, 15) is 0 Å². The van der Waals surface area contributed by atoms with E-state index in [1.807, 2.05) is 13.8 Å². The highest BCUT2D eigenvalue weighted by atomic mass is 16.7. The second kappa shape index (κ2) is 3.43. The number of ether oxygens (including phenoxy) is 2. The predicted octanol–water partition coefficient (Wildman–Crippen LogP) is 2.64. The molecule has 2 unspecified atom stereocenters. The van der Waals surface area contributed by atoms with Crippen LogP contribution >= 0.6 is 0 Å². The molecule has 0 saturated carbocycles. The normalized spacial score (nSPS) is 38.0. The summed E-state index contributed by atoms with van der Waals surface area (Å²) in [4.78, 5) is 0. The van der Waals surface area contributed by atoms with Crippen LogP contribution in [0.25, 0.3) is 0 Å². The van der Waals surface area contributed by atoms with Gasteiger partial charge in [0.25, 0.3) is 0 Å². The molecule has 2 heteroatoms. The lowest BCUT2D eigenvalue weighted by molar-refractivity contribution is -0.146. The molecule has 1 heterocycles. The summed E-state index contributed by atoms with van der Waals surface area (Å²) >= 11 is 0. The van der Waals surface area contributed by atoms with Gasteiger partial charge >= 0.3 is 0 Å². The minimum atomic E-state index is -0.361. The van der Waals surface area contributed by atoms with Gasteiger partial charge in [0.05, 0.1) is 12.2 Å². The van der Waals surface area contributed by atoms with Crippen LogP contribution in [0.3, 0.4) is 0 Å². The van der Waals surface area contributed by atoms with Gasteiger partial charge in [-0.2, -0.15) is 0 Å². The van der Waals surface area contributed by atoms with Crippen LogP contribution in [0.15, 0.2) is 12.2 Å². The Balaban J connectivity index is 2.03. The van der Waals surface area contributed by atoms with E-state index in [2.05, 4.69) is 12.2 Å². The molecule has 0 aromatic rings. The number of rotatable bonds is 0. The second-order valence-corrected chi connectivity index (χ2v) is 4.34. The SMILES string of the molecule is CC1(C)OC2CCC=CCCC2O1. The highest BCUT2D eigenvalue weighted by molar-refractivity contribution is 4.91. The zero-order chi connectivity index (χ0) is 9.31. The fraction of sp³-hybridized carbons (Fsp3) is 0.818. The number of hydrogen-bond donors (Lipinski definition) is 0. The van der Waals surface area contributed by atoms with Crippen LogP contribution in [-0.2, 0) is 9.47 Å². The van der Waals surface area contributed by atoms with Crippen LogP contribution < -0.4 is 0 Å². The van der Waals surface area contributed by atoms with Crippen molar-refractivity contribution in [3.63, 3.8) is 0 Å². The topological polar surface area (TPSA) is 18.5 Å². The molecule has 74 valence electrons. The van der Waals surface area contributed by atoms with Crippen molar-refractivity contribution >= 4 is 0 Å². The summed E-state index contributed by atoms with van der Waals surface area (Å²) in [5, 5.41) is 0. The third kappa shape index (κ3) is 2.12. The fourth-order valence-electron chi connectivity index (χ4n) is 2.15. The zero-order valence-corrected chi connectivity index (χ0v) is 8.45. The van der Waals surface area contributed by atoms with Crippen molar-refractivity contribution in [3.05, 3.63) is 12.2 Å². The standard InChI is InChI=1S/C11H18O2/c1-11(2)12-9-7-5-3-4-6-8-10(9)13-11/h3-4,9-10H,5-8H2,1-2H3. The molecule has 0 N–H and O–H groups in total. The summed E-state index contributed by atoms with van der Waals surface area (Å²) in [6.07, 6.45) is 9.60. The lowest BCUT2D eigenvalue weighted by Crippen LogP contribution is -2.22. The summed E-state index contributed by atoms with van der Waals surface area (Å²) in [6, 6.07) is 0. The molecular weight excluding hydrogens is 164 g/mol. The van der Waals surface area contributed by atoms with Gasteiger partial charge in [-0.1, -0.05) is 12.2 Å². The molecule has 13 heavy (non-hydrogen) atoms. The molecule has 1 saturated heterocycles. The van der Waals surface area contributed by atoms with Crippen LogP contribution in [0, 0.1) is 0 Å². The van der Waals surface area contributed by atoms with E-state index in [1.54, 1.807) is 0 Å². The summed E-state index contributed by atoms with van der Waals surface area (Å²) < 4.78 is 11.7. The first kappa shape index (κ1) is 9.22. The molecule has 0 amide bonds. The predicted molar refractivity (Wildman–Crippen MR) is 51.4 cm³/mol. The van der Waals surface area contributed by atoms with Crippen molar-refractivity contribution in [3.8, 4) is 0 Å². The number of fused-ring (bicyclic) bond motifs is 1. The van der Waals surface area contributed by atoms with Gasteiger partial charge in [-0.25, -0.2) is 0 Å². The summed E-state index contributed by atoms with van der Waals surface area (Å²) in [6.45, 7) is 4.01. The van der Waals surface area contributed by atoms with E-state index in [0.29, 0.717) is 12.2 Å². The average molecular weight is 182 g/mol. The quantitative estimate of drug-likeness (QED) is 0.536. The van der Waals surface area contributed by atoms with Gasteiger partial charge in [0.2, 0.25) is 0 Å². The van der Waals surface area contributed by atoms with Crippen molar-refractivity contribution in [2.24, 2.45) is 0 Å². The van der Waals surface area contributed by atoms with Gasteiger partial charge in [0, 0.05) is 0 Å². The van der Waals surface area contributed by atoms with E-state index in [1.165, 1.54) is 0 Å². The maximum atomic E-state index is 5.83. The molecule has 0 aromatic heterocycles. The highest BCUT2D eigenvalue weighted by Gasteiger charge is 2.40. The van der Waals surface area contributed by atoms with E-state index in [-0.39, 0.29) is 5.79 Å². The van der Waals surface area contributed by atoms with Gasteiger partial charge in [0.15, 0.2) is 5.79 Å². The molecule has 2 nitrogen and oxygen atoms in total. The van der Waals surface area contributed by atoms with Crippen molar-refractivity contribution in [1.29, 1.82) is 0 Å². The maximum absolute atomic E-state index is 5.83. The van der Waals surface area contributed by atoms with E-state index in [4.69, 9.17) is 9.47 Å².